The molecule has 0 spiro atoms. The van der Waals surface area contributed by atoms with Crippen molar-refractivity contribution in [2.24, 2.45) is 7.05 Å². The Balaban J connectivity index is 1.70. The van der Waals surface area contributed by atoms with Crippen molar-refractivity contribution in [3.63, 3.8) is 0 Å². The number of ether oxygens (including phenoxy) is 1. The number of fused-ring (bicyclic) bond motifs is 1. The second kappa shape index (κ2) is 12.7. The molecule has 3 heterocycles. The molecule has 1 fully saturated rings. The van der Waals surface area contributed by atoms with E-state index in [0.717, 1.165) is 10.3 Å². The smallest absolute Gasteiger partial charge is 0.303 e. The van der Waals surface area contributed by atoms with Crippen molar-refractivity contribution in [3.8, 4) is 22.0 Å². The fourth-order valence-corrected chi connectivity index (χ4v) is 9.02. The molecule has 0 bridgehead atoms. The van der Waals surface area contributed by atoms with E-state index in [0.29, 0.717) is 41.9 Å². The maximum absolute atomic E-state index is 14.5. The van der Waals surface area contributed by atoms with E-state index in [9.17, 15) is 25.6 Å². The van der Waals surface area contributed by atoms with Crippen molar-refractivity contribution in [1.82, 2.24) is 29.3 Å². The number of sulfone groups is 1. The molecule has 0 amide bonds. The number of hydrogen-bond acceptors (Lipinski definition) is 10. The molecule has 0 unspecified atom stereocenters. The number of benzene rings is 1. The molecular weight excluding hydrogens is 689 g/mol. The molecule has 1 saturated carbocycles. The van der Waals surface area contributed by atoms with Crippen LogP contribution in [0.1, 0.15) is 38.1 Å². The predicted octanol–water partition coefficient (Wildman–Crippen LogP) is 5.99. The Labute approximate surface area is 277 Å². The van der Waals surface area contributed by atoms with Gasteiger partial charge in [-0.1, -0.05) is 35.3 Å². The van der Waals surface area contributed by atoms with E-state index in [1.54, 1.807) is 20.9 Å². The number of halogens is 2. The lowest BCUT2D eigenvalue weighted by Gasteiger charge is -2.24. The van der Waals surface area contributed by atoms with E-state index in [-0.39, 0.29) is 38.3 Å². The molecule has 5 rings (SSSR count). The zero-order valence-electron chi connectivity index (χ0n) is 26.7. The molecule has 1 aliphatic carbocycles. The summed E-state index contributed by atoms with van der Waals surface area (Å²) in [5.74, 6) is 0. The van der Waals surface area contributed by atoms with E-state index in [4.69, 9.17) is 11.3 Å². The lowest BCUT2D eigenvalue weighted by atomic mass is 10.1. The van der Waals surface area contributed by atoms with Crippen LogP contribution in [-0.2, 0) is 31.6 Å². The molecule has 0 atom stereocenters. The quantitative estimate of drug-likeness (QED) is 0.0704. The number of aromatic nitrogens is 5. The molecule has 0 aliphatic heterocycles. The third-order valence-corrected chi connectivity index (χ3v) is 14.5. The topological polar surface area (TPSA) is 142 Å². The molecule has 0 saturated heterocycles. The second-order valence-electron chi connectivity index (χ2n) is 12.9. The minimum Gasteiger partial charge on any atom is -0.365 e. The average Bonchev–Trinajstić information content (AvgIpc) is 3.48. The minimum absolute atomic E-state index is 0.00438. The van der Waals surface area contributed by atoms with Gasteiger partial charge in [-0.3, -0.25) is 14.5 Å². The van der Waals surface area contributed by atoms with Gasteiger partial charge in [-0.15, -0.1) is 10.2 Å². The maximum Gasteiger partial charge on any atom is 0.303 e. The first kappa shape index (κ1) is 35.1. The fourth-order valence-electron chi connectivity index (χ4n) is 4.89. The van der Waals surface area contributed by atoms with Gasteiger partial charge in [-0.05, 0) is 44.2 Å². The van der Waals surface area contributed by atoms with Crippen molar-refractivity contribution >= 4 is 50.2 Å². The average molecular weight is 724 g/mol. The van der Waals surface area contributed by atoms with Crippen molar-refractivity contribution in [2.45, 2.75) is 79.5 Å². The van der Waals surface area contributed by atoms with Crippen LogP contribution in [0, 0.1) is 6.57 Å². The molecule has 18 heteroatoms. The van der Waals surface area contributed by atoms with E-state index in [1.807, 2.05) is 0 Å². The first-order chi connectivity index (χ1) is 21.9. The summed E-state index contributed by atoms with van der Waals surface area (Å²) in [6.07, 6.45) is -0.958. The summed E-state index contributed by atoms with van der Waals surface area (Å²) in [6, 6.07) is 6.47. The lowest BCUT2D eigenvalue weighted by Crippen LogP contribution is -2.42. The Morgan fingerprint density at radius 1 is 1.13 bits per heavy atom. The monoisotopic (exact) mass is 723 g/mol. The fraction of sp³-hybridized carbons (Fsp3) is 0.483. The van der Waals surface area contributed by atoms with Crippen LogP contribution >= 0.6 is 11.3 Å². The largest absolute Gasteiger partial charge is 0.365 e. The van der Waals surface area contributed by atoms with E-state index in [1.165, 1.54) is 35.1 Å². The number of nitrogens with zero attached hydrogens (tertiary/aromatic N) is 7. The van der Waals surface area contributed by atoms with Gasteiger partial charge >= 0.3 is 5.66 Å². The summed E-state index contributed by atoms with van der Waals surface area (Å²) in [6.45, 7) is 17.5. The Hall–Kier alpha value is -3.21. The van der Waals surface area contributed by atoms with Crippen LogP contribution in [0.5, 0.6) is 0 Å². The summed E-state index contributed by atoms with van der Waals surface area (Å²) in [5, 5.41) is 11.1. The van der Waals surface area contributed by atoms with Crippen LogP contribution in [0.3, 0.4) is 0 Å². The van der Waals surface area contributed by atoms with Gasteiger partial charge in [0.05, 0.1) is 39.1 Å². The highest BCUT2D eigenvalue weighted by Gasteiger charge is 2.61. The van der Waals surface area contributed by atoms with Crippen molar-refractivity contribution in [2.75, 3.05) is 13.3 Å². The number of hydrogen-bond donors (Lipinski definition) is 0. The highest BCUT2D eigenvalue weighted by molar-refractivity contribution is 7.92. The summed E-state index contributed by atoms with van der Waals surface area (Å²) < 4.78 is 89.7. The third kappa shape index (κ3) is 6.87. The molecule has 4 aromatic rings. The standard InChI is InChI=1S/C29H35F2N7O5S3Si/c1-18(2)45(39,40)19-8-9-23(33-16-19)21-14-20(15-22-24(36-37(4)25(21)22)27-34-35-28(44-27)26(30)31)46(41,42)38(29(32-3)10-11-29)17-43-12-13-47(5,6)7/h8-9,14-16,18,26H,10-13,17H2,1-2,4-7H3. The first-order valence-electron chi connectivity index (χ1n) is 14.7. The Bertz CT molecular complexity index is 2070. The van der Waals surface area contributed by atoms with Crippen molar-refractivity contribution in [3.05, 3.63) is 46.9 Å². The van der Waals surface area contributed by atoms with Crippen LogP contribution in [0.25, 0.3) is 37.7 Å². The highest BCUT2D eigenvalue weighted by Crippen LogP contribution is 2.47. The summed E-state index contributed by atoms with van der Waals surface area (Å²) in [4.78, 5) is 7.89. The number of alkyl halides is 2. The third-order valence-electron chi connectivity index (χ3n) is 7.87. The van der Waals surface area contributed by atoms with Gasteiger partial charge in [0.25, 0.3) is 16.4 Å². The van der Waals surface area contributed by atoms with Crippen LogP contribution in [0.4, 0.5) is 8.78 Å². The molecule has 47 heavy (non-hydrogen) atoms. The lowest BCUT2D eigenvalue weighted by molar-refractivity contribution is 0.0642. The normalized spacial score (nSPS) is 15.2. The van der Waals surface area contributed by atoms with Gasteiger partial charge in [0.1, 0.15) is 12.4 Å². The second-order valence-corrected chi connectivity index (χ2v) is 23.9. The highest BCUT2D eigenvalue weighted by atomic mass is 32.2. The summed E-state index contributed by atoms with van der Waals surface area (Å²) in [5.41, 5.74) is -0.209. The predicted molar refractivity (Wildman–Crippen MR) is 177 cm³/mol. The van der Waals surface area contributed by atoms with Gasteiger partial charge in [0, 0.05) is 38.9 Å². The van der Waals surface area contributed by atoms with Crippen molar-refractivity contribution < 1.29 is 30.4 Å². The van der Waals surface area contributed by atoms with Crippen LogP contribution in [0.15, 0.2) is 40.3 Å². The Kier molecular flexibility index (Phi) is 9.46. The summed E-state index contributed by atoms with van der Waals surface area (Å²) >= 11 is 0.638. The Morgan fingerprint density at radius 3 is 2.36 bits per heavy atom. The Morgan fingerprint density at radius 2 is 1.83 bits per heavy atom. The van der Waals surface area contributed by atoms with Crippen LogP contribution in [0.2, 0.25) is 25.7 Å². The van der Waals surface area contributed by atoms with Crippen molar-refractivity contribution in [1.29, 1.82) is 0 Å². The number of rotatable bonds is 13. The maximum atomic E-state index is 14.5. The van der Waals surface area contributed by atoms with Gasteiger partial charge in [0.2, 0.25) is 0 Å². The molecule has 3 aromatic heterocycles. The molecule has 1 aliphatic rings. The zero-order valence-corrected chi connectivity index (χ0v) is 30.2. The van der Waals surface area contributed by atoms with Gasteiger partial charge < -0.3 is 4.74 Å². The van der Waals surface area contributed by atoms with Gasteiger partial charge in [0.15, 0.2) is 19.9 Å². The SMILES string of the molecule is [C-]#[N+]C1(N(COCC[Si](C)(C)C)S(=O)(=O)c2cc(-c3ccc(S(=O)(=O)C(C)C)cn3)c3c(c2)c(-c2nnc(C(F)F)s2)nn3C)CC1. The zero-order chi connectivity index (χ0) is 34.5. The molecule has 0 radical (unpaired) electrons. The van der Waals surface area contributed by atoms with Gasteiger partial charge in [-0.25, -0.2) is 32.2 Å². The molecule has 12 nitrogen and oxygen atoms in total. The molecular formula is C29H35F2N7O5S3Si. The number of pyridine rings is 1. The van der Waals surface area contributed by atoms with Crippen LogP contribution in [-0.4, -0.2) is 78.4 Å². The molecule has 1 aromatic carbocycles. The van der Waals surface area contributed by atoms with E-state index >= 15 is 0 Å². The molecule has 252 valence electrons. The number of aryl methyl sites for hydroxylation is 1. The first-order valence-corrected chi connectivity index (χ1v) is 22.2. The van der Waals surface area contributed by atoms with E-state index in [2.05, 4.69) is 44.8 Å². The molecule has 0 N–H and O–H groups in total. The van der Waals surface area contributed by atoms with Gasteiger partial charge in [-0.2, -0.15) is 5.10 Å². The number of sulfonamides is 1. The van der Waals surface area contributed by atoms with E-state index < -0.39 is 50.3 Å². The van der Waals surface area contributed by atoms with Crippen LogP contribution < -0.4 is 0 Å². The summed E-state index contributed by atoms with van der Waals surface area (Å²) in [7, 11) is -7.91. The minimum atomic E-state index is -4.39.